The molecule has 1 atom stereocenters. The van der Waals surface area contributed by atoms with Gasteiger partial charge in [0.1, 0.15) is 6.04 Å². The van der Waals surface area contributed by atoms with Crippen molar-refractivity contribution >= 4 is 26.0 Å². The smallest absolute Gasteiger partial charge is 0.320 e. The van der Waals surface area contributed by atoms with Gasteiger partial charge in [0.15, 0.2) is 9.84 Å². The second-order valence-corrected chi connectivity index (χ2v) is 8.47. The van der Waals surface area contributed by atoms with Gasteiger partial charge in [0.05, 0.1) is 4.90 Å². The van der Waals surface area contributed by atoms with Crippen LogP contribution < -0.4 is 15.2 Å². The topological polar surface area (TPSA) is 156 Å². The van der Waals surface area contributed by atoms with Crippen molar-refractivity contribution < 1.29 is 26.7 Å². The summed E-state index contributed by atoms with van der Waals surface area (Å²) < 4.78 is 50.4. The van der Waals surface area contributed by atoms with E-state index in [2.05, 4.69) is 9.44 Å². The third kappa shape index (κ3) is 7.05. The number of aliphatic carboxylic acids is 1. The van der Waals surface area contributed by atoms with Crippen LogP contribution in [0.25, 0.3) is 0 Å². The van der Waals surface area contributed by atoms with Crippen LogP contribution >= 0.6 is 0 Å². The molecule has 0 fully saturated rings. The van der Waals surface area contributed by atoms with Gasteiger partial charge in [0.25, 0.3) is 10.2 Å². The lowest BCUT2D eigenvalue weighted by atomic mass is 10.2. The molecule has 23 heavy (non-hydrogen) atoms. The lowest BCUT2D eigenvalue weighted by molar-refractivity contribution is -0.138. The second-order valence-electron chi connectivity index (χ2n) is 4.87. The van der Waals surface area contributed by atoms with E-state index in [1.165, 1.54) is 24.3 Å². The largest absolute Gasteiger partial charge is 0.480 e. The van der Waals surface area contributed by atoms with E-state index < -0.39 is 32.1 Å². The molecule has 9 nitrogen and oxygen atoms in total. The van der Waals surface area contributed by atoms with Gasteiger partial charge in [-0.05, 0) is 24.1 Å². The van der Waals surface area contributed by atoms with Crippen molar-refractivity contribution in [2.24, 2.45) is 5.73 Å². The Kier molecular flexibility index (Phi) is 6.65. The summed E-state index contributed by atoms with van der Waals surface area (Å²) in [6.07, 6.45) is 1.04. The lowest BCUT2D eigenvalue weighted by Crippen LogP contribution is -2.40. The number of carboxylic acids is 1. The summed E-state index contributed by atoms with van der Waals surface area (Å²) >= 11 is 0. The highest BCUT2D eigenvalue weighted by Gasteiger charge is 2.14. The molecule has 0 saturated carbocycles. The molecule has 1 rings (SSSR count). The zero-order valence-electron chi connectivity index (χ0n) is 12.4. The van der Waals surface area contributed by atoms with Crippen molar-refractivity contribution in [2.75, 3.05) is 12.8 Å². The van der Waals surface area contributed by atoms with Crippen molar-refractivity contribution in [1.82, 2.24) is 9.44 Å². The molecule has 0 radical (unpaired) electrons. The fourth-order valence-corrected chi connectivity index (χ4v) is 3.03. The highest BCUT2D eigenvalue weighted by molar-refractivity contribution is 7.90. The van der Waals surface area contributed by atoms with Gasteiger partial charge in [-0.25, -0.2) is 13.1 Å². The van der Waals surface area contributed by atoms with E-state index in [-0.39, 0.29) is 24.4 Å². The fraction of sp³-hybridized carbons (Fsp3) is 0.417. The van der Waals surface area contributed by atoms with Crippen molar-refractivity contribution in [3.63, 3.8) is 0 Å². The minimum Gasteiger partial charge on any atom is -0.480 e. The average molecular weight is 365 g/mol. The molecular weight excluding hydrogens is 346 g/mol. The van der Waals surface area contributed by atoms with Gasteiger partial charge in [0, 0.05) is 19.3 Å². The quantitative estimate of drug-likeness (QED) is 0.429. The lowest BCUT2D eigenvalue weighted by Gasteiger charge is -2.10. The number of nitrogens with one attached hydrogen (secondary N) is 2. The van der Waals surface area contributed by atoms with Crippen LogP contribution in [0.4, 0.5) is 0 Å². The van der Waals surface area contributed by atoms with Gasteiger partial charge in [-0.15, -0.1) is 0 Å². The predicted molar refractivity (Wildman–Crippen MR) is 83.5 cm³/mol. The van der Waals surface area contributed by atoms with Gasteiger partial charge < -0.3 is 10.8 Å². The van der Waals surface area contributed by atoms with Crippen molar-refractivity contribution in [3.05, 3.63) is 29.8 Å². The van der Waals surface area contributed by atoms with Gasteiger partial charge in [-0.3, -0.25) is 4.79 Å². The minimum absolute atomic E-state index is 0.0373. The number of rotatable bonds is 9. The van der Waals surface area contributed by atoms with Crippen LogP contribution in [0, 0.1) is 0 Å². The number of nitrogens with two attached hydrogens (primary N) is 1. The summed E-state index contributed by atoms with van der Waals surface area (Å²) in [6.45, 7) is -0.153. The molecule has 5 N–H and O–H groups in total. The van der Waals surface area contributed by atoms with Crippen LogP contribution in [0.1, 0.15) is 12.0 Å². The monoisotopic (exact) mass is 365 g/mol. The first-order valence-electron chi connectivity index (χ1n) is 6.53. The third-order valence-corrected chi connectivity index (χ3v) is 5.12. The first kappa shape index (κ1) is 19.5. The van der Waals surface area contributed by atoms with Crippen LogP contribution in [0.2, 0.25) is 0 Å². The van der Waals surface area contributed by atoms with Crippen LogP contribution in [-0.4, -0.2) is 46.8 Å². The molecule has 0 heterocycles. The van der Waals surface area contributed by atoms with E-state index in [0.717, 1.165) is 6.26 Å². The molecular formula is C12H19N3O6S2. The summed E-state index contributed by atoms with van der Waals surface area (Å²) in [4.78, 5) is 10.6. The molecule has 0 aliphatic carbocycles. The second kappa shape index (κ2) is 7.84. The fourth-order valence-electron chi connectivity index (χ4n) is 1.56. The number of benzene rings is 1. The van der Waals surface area contributed by atoms with Crippen LogP contribution in [0.3, 0.4) is 0 Å². The Morgan fingerprint density at radius 3 is 2.22 bits per heavy atom. The van der Waals surface area contributed by atoms with Crippen LogP contribution in [0.15, 0.2) is 29.2 Å². The zero-order valence-corrected chi connectivity index (χ0v) is 14.0. The number of carbonyl (C=O) groups is 1. The maximum absolute atomic E-state index is 11.7. The molecule has 0 spiro atoms. The number of sulfone groups is 1. The molecule has 0 aromatic heterocycles. The highest BCUT2D eigenvalue weighted by Crippen LogP contribution is 2.10. The molecule has 0 aliphatic rings. The molecule has 0 saturated heterocycles. The van der Waals surface area contributed by atoms with E-state index in [9.17, 15) is 21.6 Å². The Morgan fingerprint density at radius 2 is 1.74 bits per heavy atom. The predicted octanol–water partition coefficient (Wildman–Crippen LogP) is -1.18. The summed E-state index contributed by atoms with van der Waals surface area (Å²) in [5.41, 5.74) is 5.83. The average Bonchev–Trinajstić information content (AvgIpc) is 2.44. The SMILES string of the molecule is CS(=O)(=O)c1ccc(CNS(=O)(=O)NCC[C@H](N)C(=O)O)cc1. The van der Waals surface area contributed by atoms with Gasteiger partial charge >= 0.3 is 5.97 Å². The van der Waals surface area contributed by atoms with Crippen LogP contribution in [-0.2, 0) is 31.4 Å². The Hall–Kier alpha value is -1.53. The van der Waals surface area contributed by atoms with Gasteiger partial charge in [0.2, 0.25) is 0 Å². The van der Waals surface area contributed by atoms with E-state index in [4.69, 9.17) is 10.8 Å². The molecule has 0 bridgehead atoms. The van der Waals surface area contributed by atoms with E-state index in [1.807, 2.05) is 0 Å². The summed E-state index contributed by atoms with van der Waals surface area (Å²) in [7, 11) is -7.11. The molecule has 1 aromatic carbocycles. The Morgan fingerprint density at radius 1 is 1.17 bits per heavy atom. The van der Waals surface area contributed by atoms with Crippen molar-refractivity contribution in [2.45, 2.75) is 23.9 Å². The maximum Gasteiger partial charge on any atom is 0.320 e. The first-order valence-corrected chi connectivity index (χ1v) is 9.90. The Balaban J connectivity index is 2.51. The standard InChI is InChI=1S/C12H19N3O6S2/c1-22(18,19)10-4-2-9(3-5-10)8-15-23(20,21)14-7-6-11(13)12(16)17/h2-5,11,14-15H,6-8,13H2,1H3,(H,16,17)/t11-/m0/s1. The summed E-state index contributed by atoms with van der Waals surface area (Å²) in [5.74, 6) is -1.21. The number of hydrogen-bond donors (Lipinski definition) is 4. The maximum atomic E-state index is 11.7. The number of carboxylic acid groups (broad SMARTS) is 1. The normalized spacial score (nSPS) is 13.7. The first-order chi connectivity index (χ1) is 10.5. The van der Waals surface area contributed by atoms with Crippen molar-refractivity contribution in [1.29, 1.82) is 0 Å². The van der Waals surface area contributed by atoms with E-state index in [0.29, 0.717) is 5.56 Å². The van der Waals surface area contributed by atoms with E-state index in [1.54, 1.807) is 0 Å². The summed E-state index contributed by atoms with van der Waals surface area (Å²) in [5, 5.41) is 8.58. The van der Waals surface area contributed by atoms with Gasteiger partial charge in [-0.1, -0.05) is 12.1 Å². The Labute approximate surface area is 135 Å². The Bertz CT molecular complexity index is 744. The third-order valence-electron chi connectivity index (χ3n) is 2.88. The number of hydrogen-bond acceptors (Lipinski definition) is 6. The van der Waals surface area contributed by atoms with Crippen LogP contribution in [0.5, 0.6) is 0 Å². The van der Waals surface area contributed by atoms with Gasteiger partial charge in [-0.2, -0.15) is 13.1 Å². The summed E-state index contributed by atoms with van der Waals surface area (Å²) in [6, 6.07) is 4.64. The molecule has 130 valence electrons. The zero-order chi connectivity index (χ0) is 17.7. The highest BCUT2D eigenvalue weighted by atomic mass is 32.2. The molecule has 0 aliphatic heterocycles. The van der Waals surface area contributed by atoms with Crippen molar-refractivity contribution in [3.8, 4) is 0 Å². The molecule has 0 unspecified atom stereocenters. The molecule has 0 amide bonds. The molecule has 11 heteroatoms. The minimum atomic E-state index is -3.81. The molecule has 1 aromatic rings. The van der Waals surface area contributed by atoms with E-state index >= 15 is 0 Å².